The fraction of sp³-hybridized carbons (Fsp3) is 0.0588. The summed E-state index contributed by atoms with van der Waals surface area (Å²) in [6.07, 6.45) is 0. The predicted octanol–water partition coefficient (Wildman–Crippen LogP) is -0.511. The summed E-state index contributed by atoms with van der Waals surface area (Å²) >= 11 is 0. The van der Waals surface area contributed by atoms with Gasteiger partial charge in [-0.3, -0.25) is 4.79 Å². The molecule has 104 valence electrons. The van der Waals surface area contributed by atoms with E-state index in [1.807, 2.05) is 24.3 Å². The first kappa shape index (κ1) is 16.1. The number of carbonyl (C=O) groups is 1. The first-order chi connectivity index (χ1) is 10.2. The molecule has 0 N–H and O–H groups in total. The molecule has 0 fully saturated rings. The van der Waals surface area contributed by atoms with Crippen LogP contribution in [-0.4, -0.2) is 15.6 Å². The van der Waals surface area contributed by atoms with Gasteiger partial charge in [0, 0.05) is 11.4 Å². The van der Waals surface area contributed by atoms with Gasteiger partial charge < -0.3 is 5.11 Å². The fourth-order valence-electron chi connectivity index (χ4n) is 2.25. The SMILES string of the molecule is Cc1nn(-c2ccccc2)c([O-])c1C(=O)c1ccccc1.[Li+]. The van der Waals surface area contributed by atoms with Crippen molar-refractivity contribution in [3.05, 3.63) is 77.5 Å². The van der Waals surface area contributed by atoms with Crippen LogP contribution in [0.2, 0.25) is 0 Å². The van der Waals surface area contributed by atoms with Crippen LogP contribution < -0.4 is 24.0 Å². The predicted molar refractivity (Wildman–Crippen MR) is 77.6 cm³/mol. The van der Waals surface area contributed by atoms with Gasteiger partial charge in [0.1, 0.15) is 0 Å². The van der Waals surface area contributed by atoms with E-state index in [0.29, 0.717) is 16.9 Å². The third kappa shape index (κ3) is 2.85. The van der Waals surface area contributed by atoms with Gasteiger partial charge in [0.05, 0.1) is 16.9 Å². The van der Waals surface area contributed by atoms with Crippen LogP contribution in [0.15, 0.2) is 60.7 Å². The minimum atomic E-state index is -0.382. The second-order valence-electron chi connectivity index (χ2n) is 4.71. The van der Waals surface area contributed by atoms with Crippen molar-refractivity contribution in [2.24, 2.45) is 0 Å². The number of carbonyl (C=O) groups excluding carboxylic acids is 1. The molecule has 1 heterocycles. The van der Waals surface area contributed by atoms with E-state index in [1.54, 1.807) is 43.3 Å². The van der Waals surface area contributed by atoms with Crippen LogP contribution in [0.25, 0.3) is 5.69 Å². The van der Waals surface area contributed by atoms with Crippen molar-refractivity contribution in [2.75, 3.05) is 0 Å². The van der Waals surface area contributed by atoms with Crippen molar-refractivity contribution in [1.29, 1.82) is 0 Å². The minimum Gasteiger partial charge on any atom is -0.858 e. The van der Waals surface area contributed by atoms with Gasteiger partial charge in [-0.15, -0.1) is 0 Å². The van der Waals surface area contributed by atoms with E-state index in [4.69, 9.17) is 0 Å². The number of nitrogens with zero attached hydrogens (tertiary/aromatic N) is 2. The van der Waals surface area contributed by atoms with Crippen LogP contribution in [0.4, 0.5) is 0 Å². The molecule has 3 rings (SSSR count). The van der Waals surface area contributed by atoms with Crippen LogP contribution in [0.3, 0.4) is 0 Å². The third-order valence-electron chi connectivity index (χ3n) is 3.28. The summed E-state index contributed by atoms with van der Waals surface area (Å²) in [4.78, 5) is 12.5. The van der Waals surface area contributed by atoms with E-state index in [1.165, 1.54) is 4.68 Å². The first-order valence-corrected chi connectivity index (χ1v) is 6.60. The van der Waals surface area contributed by atoms with Gasteiger partial charge in [0.25, 0.3) is 0 Å². The average molecular weight is 284 g/mol. The minimum absolute atomic E-state index is 0. The summed E-state index contributed by atoms with van der Waals surface area (Å²) in [5, 5.41) is 16.7. The van der Waals surface area contributed by atoms with Crippen molar-refractivity contribution in [1.82, 2.24) is 9.78 Å². The van der Waals surface area contributed by atoms with E-state index in [-0.39, 0.29) is 36.1 Å². The number of hydrogen-bond acceptors (Lipinski definition) is 3. The quantitative estimate of drug-likeness (QED) is 0.481. The van der Waals surface area contributed by atoms with Crippen molar-refractivity contribution < 1.29 is 28.8 Å². The Morgan fingerprint density at radius 3 is 2.14 bits per heavy atom. The van der Waals surface area contributed by atoms with Gasteiger partial charge >= 0.3 is 18.9 Å². The number of aryl methyl sites for hydroxylation is 1. The molecule has 0 aliphatic carbocycles. The average Bonchev–Trinajstić information content (AvgIpc) is 2.83. The van der Waals surface area contributed by atoms with E-state index in [0.717, 1.165) is 0 Å². The second kappa shape index (κ2) is 6.65. The Morgan fingerprint density at radius 1 is 1.00 bits per heavy atom. The molecular formula is C17H13LiN2O2. The fourth-order valence-corrected chi connectivity index (χ4v) is 2.25. The summed E-state index contributed by atoms with van der Waals surface area (Å²) < 4.78 is 1.27. The van der Waals surface area contributed by atoms with Crippen LogP contribution in [0.1, 0.15) is 21.6 Å². The smallest absolute Gasteiger partial charge is 0.858 e. The number of ketones is 1. The first-order valence-electron chi connectivity index (χ1n) is 6.60. The Morgan fingerprint density at radius 2 is 1.55 bits per heavy atom. The van der Waals surface area contributed by atoms with Crippen molar-refractivity contribution >= 4 is 5.78 Å². The zero-order chi connectivity index (χ0) is 14.8. The van der Waals surface area contributed by atoms with Gasteiger partial charge in [-0.05, 0) is 19.1 Å². The molecule has 0 amide bonds. The monoisotopic (exact) mass is 284 g/mol. The Bertz CT molecular complexity index is 783. The topological polar surface area (TPSA) is 57.9 Å². The number of hydrogen-bond donors (Lipinski definition) is 0. The molecule has 0 aliphatic rings. The molecule has 0 saturated heterocycles. The third-order valence-corrected chi connectivity index (χ3v) is 3.28. The van der Waals surface area contributed by atoms with Crippen LogP contribution in [0, 0.1) is 6.92 Å². The van der Waals surface area contributed by atoms with Gasteiger partial charge in [0.15, 0.2) is 5.78 Å². The van der Waals surface area contributed by atoms with Crippen LogP contribution in [0.5, 0.6) is 5.88 Å². The van der Waals surface area contributed by atoms with E-state index < -0.39 is 0 Å². The van der Waals surface area contributed by atoms with Crippen molar-refractivity contribution in [2.45, 2.75) is 6.92 Å². The van der Waals surface area contributed by atoms with E-state index in [9.17, 15) is 9.90 Å². The normalized spacial score (nSPS) is 10.0. The zero-order valence-electron chi connectivity index (χ0n) is 12.5. The number of benzene rings is 2. The molecule has 5 heteroatoms. The molecule has 1 aromatic heterocycles. The van der Waals surface area contributed by atoms with E-state index in [2.05, 4.69) is 5.10 Å². The Kier molecular flexibility index (Phi) is 4.87. The molecule has 22 heavy (non-hydrogen) atoms. The summed E-state index contributed by atoms with van der Waals surface area (Å²) in [5.41, 5.74) is 1.71. The largest absolute Gasteiger partial charge is 1.00 e. The molecule has 2 aromatic carbocycles. The Balaban J connectivity index is 0.00000176. The van der Waals surface area contributed by atoms with Crippen molar-refractivity contribution in [3.63, 3.8) is 0 Å². The molecule has 0 atom stereocenters. The van der Waals surface area contributed by atoms with Gasteiger partial charge in [-0.1, -0.05) is 48.5 Å². The molecule has 0 spiro atoms. The molecule has 0 radical (unpaired) electrons. The number of rotatable bonds is 3. The summed E-state index contributed by atoms with van der Waals surface area (Å²) in [5.74, 6) is -0.673. The molecule has 0 saturated carbocycles. The van der Waals surface area contributed by atoms with E-state index >= 15 is 0 Å². The molecule has 0 aliphatic heterocycles. The van der Waals surface area contributed by atoms with Crippen molar-refractivity contribution in [3.8, 4) is 11.6 Å². The Hall–Kier alpha value is -2.28. The number of para-hydroxylation sites is 1. The van der Waals surface area contributed by atoms with Crippen LogP contribution >= 0.6 is 0 Å². The summed E-state index contributed by atoms with van der Waals surface area (Å²) in [6, 6.07) is 17.8. The molecular weight excluding hydrogens is 271 g/mol. The standard InChI is InChI=1S/C17H14N2O2.Li/c1-12-15(16(20)13-8-4-2-5-9-13)17(21)19(18-12)14-10-6-3-7-11-14;/h2-11,21H,1H3;/q;+1/p-1. The van der Waals surface area contributed by atoms with Gasteiger partial charge in [-0.2, -0.15) is 5.10 Å². The maximum absolute atomic E-state index is 12.5. The second-order valence-corrected chi connectivity index (χ2v) is 4.71. The number of aromatic nitrogens is 2. The molecule has 0 bridgehead atoms. The molecule has 0 unspecified atom stereocenters. The maximum Gasteiger partial charge on any atom is 1.00 e. The molecule has 3 aromatic rings. The Labute approximate surface area is 140 Å². The van der Waals surface area contributed by atoms with Gasteiger partial charge in [0.2, 0.25) is 0 Å². The summed E-state index contributed by atoms with van der Waals surface area (Å²) in [6.45, 7) is 1.68. The van der Waals surface area contributed by atoms with Crippen LogP contribution in [-0.2, 0) is 0 Å². The van der Waals surface area contributed by atoms with Gasteiger partial charge in [-0.25, -0.2) is 4.68 Å². The maximum atomic E-state index is 12.5. The summed E-state index contributed by atoms with van der Waals surface area (Å²) in [7, 11) is 0. The zero-order valence-corrected chi connectivity index (χ0v) is 12.5. The molecule has 4 nitrogen and oxygen atoms in total.